The van der Waals surface area contributed by atoms with Crippen LogP contribution in [0.2, 0.25) is 0 Å². The maximum atomic E-state index is 12.3. The third kappa shape index (κ3) is 2.31. The lowest BCUT2D eigenvalue weighted by atomic mass is 10.1. The van der Waals surface area contributed by atoms with Gasteiger partial charge in [0.05, 0.1) is 16.4 Å². The Morgan fingerprint density at radius 2 is 2.00 bits per heavy atom. The molecule has 3 aromatic rings. The second-order valence-electron chi connectivity index (χ2n) is 5.13. The zero-order valence-corrected chi connectivity index (χ0v) is 13.2. The van der Waals surface area contributed by atoms with E-state index in [9.17, 15) is 4.79 Å². The summed E-state index contributed by atoms with van der Waals surface area (Å²) in [6.07, 6.45) is 1.68. The average molecular weight is 300 g/mol. The molecule has 3 rings (SSSR count). The fourth-order valence-corrected chi connectivity index (χ4v) is 3.23. The van der Waals surface area contributed by atoms with Gasteiger partial charge in [0, 0.05) is 7.05 Å². The Morgan fingerprint density at radius 1 is 1.24 bits per heavy atom. The number of amides is 1. The van der Waals surface area contributed by atoms with Gasteiger partial charge in [-0.2, -0.15) is 5.10 Å². The summed E-state index contributed by atoms with van der Waals surface area (Å²) in [4.78, 5) is 16.9. The summed E-state index contributed by atoms with van der Waals surface area (Å²) in [6, 6.07) is 4.12. The highest BCUT2D eigenvalue weighted by atomic mass is 32.1. The number of nitrogens with one attached hydrogen (secondary N) is 1. The highest BCUT2D eigenvalue weighted by Gasteiger charge is 2.16. The fraction of sp³-hybridized carbons (Fsp3) is 0.267. The summed E-state index contributed by atoms with van der Waals surface area (Å²) < 4.78 is 2.66. The molecule has 0 saturated carbocycles. The maximum Gasteiger partial charge on any atom is 0.275 e. The highest BCUT2D eigenvalue weighted by Crippen LogP contribution is 2.29. The first-order valence-electron chi connectivity index (χ1n) is 6.64. The predicted octanol–water partition coefficient (Wildman–Crippen LogP) is 3.21. The van der Waals surface area contributed by atoms with E-state index >= 15 is 0 Å². The molecule has 1 amide bonds. The number of fused-ring (bicyclic) bond motifs is 1. The lowest BCUT2D eigenvalue weighted by Crippen LogP contribution is -2.17. The van der Waals surface area contributed by atoms with Gasteiger partial charge in [-0.1, -0.05) is 17.4 Å². The third-order valence-corrected chi connectivity index (χ3v) is 4.58. The molecule has 0 saturated heterocycles. The van der Waals surface area contributed by atoms with Gasteiger partial charge in [0.2, 0.25) is 0 Å². The van der Waals surface area contributed by atoms with Crippen LogP contribution in [0.5, 0.6) is 0 Å². The van der Waals surface area contributed by atoms with Crippen molar-refractivity contribution in [1.29, 1.82) is 0 Å². The van der Waals surface area contributed by atoms with E-state index in [1.807, 2.05) is 19.9 Å². The van der Waals surface area contributed by atoms with Gasteiger partial charge in [-0.25, -0.2) is 4.98 Å². The quantitative estimate of drug-likeness (QED) is 0.790. The summed E-state index contributed by atoms with van der Waals surface area (Å²) in [5, 5.41) is 7.57. The Bertz CT molecular complexity index is 827. The van der Waals surface area contributed by atoms with Crippen LogP contribution in [0.4, 0.5) is 5.13 Å². The van der Waals surface area contributed by atoms with Crippen molar-refractivity contribution in [2.75, 3.05) is 5.32 Å². The third-order valence-electron chi connectivity index (χ3n) is 3.64. The molecular weight excluding hydrogens is 284 g/mol. The van der Waals surface area contributed by atoms with Gasteiger partial charge in [-0.05, 0) is 43.5 Å². The van der Waals surface area contributed by atoms with Crippen LogP contribution in [0.25, 0.3) is 10.2 Å². The monoisotopic (exact) mass is 300 g/mol. The topological polar surface area (TPSA) is 59.8 Å². The zero-order chi connectivity index (χ0) is 15.1. The minimum Gasteiger partial charge on any atom is -0.296 e. The van der Waals surface area contributed by atoms with E-state index in [4.69, 9.17) is 0 Å². The van der Waals surface area contributed by atoms with Crippen LogP contribution in [0.15, 0.2) is 18.3 Å². The van der Waals surface area contributed by atoms with E-state index in [2.05, 4.69) is 28.4 Å². The Labute approximate surface area is 126 Å². The van der Waals surface area contributed by atoms with Crippen molar-refractivity contribution in [3.8, 4) is 0 Å². The molecule has 2 heterocycles. The average Bonchev–Trinajstić information content (AvgIpc) is 2.98. The fourth-order valence-electron chi connectivity index (χ4n) is 2.31. The van der Waals surface area contributed by atoms with Crippen LogP contribution < -0.4 is 5.32 Å². The Kier molecular flexibility index (Phi) is 3.25. The van der Waals surface area contributed by atoms with Gasteiger partial charge in [0.15, 0.2) is 5.13 Å². The Hall–Kier alpha value is -2.21. The van der Waals surface area contributed by atoms with E-state index in [0.717, 1.165) is 21.3 Å². The summed E-state index contributed by atoms with van der Waals surface area (Å²) in [5.74, 6) is -0.180. The highest BCUT2D eigenvalue weighted by molar-refractivity contribution is 7.22. The van der Waals surface area contributed by atoms with Crippen molar-refractivity contribution in [2.45, 2.75) is 20.8 Å². The van der Waals surface area contributed by atoms with Crippen LogP contribution in [-0.2, 0) is 7.05 Å². The van der Waals surface area contributed by atoms with Gasteiger partial charge in [-0.3, -0.25) is 14.8 Å². The summed E-state index contributed by atoms with van der Waals surface area (Å²) in [7, 11) is 1.76. The maximum absolute atomic E-state index is 12.3. The van der Waals surface area contributed by atoms with Gasteiger partial charge >= 0.3 is 0 Å². The number of rotatable bonds is 2. The van der Waals surface area contributed by atoms with Gasteiger partial charge in [0.25, 0.3) is 5.91 Å². The Balaban J connectivity index is 1.95. The summed E-state index contributed by atoms with van der Waals surface area (Å²) in [6.45, 7) is 5.98. The normalized spacial score (nSPS) is 11.0. The van der Waals surface area contributed by atoms with Crippen molar-refractivity contribution in [1.82, 2.24) is 14.8 Å². The molecule has 0 aliphatic carbocycles. The SMILES string of the molecule is Cc1ccc2sc(NC(=O)c3c(C)cnn3C)nc2c1C. The lowest BCUT2D eigenvalue weighted by molar-refractivity contribution is 0.101. The molecule has 0 fully saturated rings. The smallest absolute Gasteiger partial charge is 0.275 e. The van der Waals surface area contributed by atoms with E-state index in [0.29, 0.717) is 10.8 Å². The zero-order valence-electron chi connectivity index (χ0n) is 12.4. The minimum atomic E-state index is -0.180. The summed E-state index contributed by atoms with van der Waals surface area (Å²) in [5.41, 5.74) is 4.72. The molecule has 6 heteroatoms. The molecule has 0 aliphatic rings. The van der Waals surface area contributed by atoms with Gasteiger partial charge < -0.3 is 0 Å². The van der Waals surface area contributed by atoms with Gasteiger partial charge in [-0.15, -0.1) is 0 Å². The van der Waals surface area contributed by atoms with E-state index in [1.165, 1.54) is 16.9 Å². The number of aryl methyl sites for hydroxylation is 4. The molecule has 0 spiro atoms. The van der Waals surface area contributed by atoms with Crippen molar-refractivity contribution < 1.29 is 4.79 Å². The van der Waals surface area contributed by atoms with Crippen LogP contribution >= 0.6 is 11.3 Å². The van der Waals surface area contributed by atoms with Crippen molar-refractivity contribution >= 4 is 32.6 Å². The molecular formula is C15H16N4OS. The second-order valence-corrected chi connectivity index (χ2v) is 6.16. The molecule has 2 aromatic heterocycles. The molecule has 5 nitrogen and oxygen atoms in total. The van der Waals surface area contributed by atoms with Crippen molar-refractivity contribution in [3.63, 3.8) is 0 Å². The number of hydrogen-bond acceptors (Lipinski definition) is 4. The van der Waals surface area contributed by atoms with Crippen LogP contribution in [0, 0.1) is 20.8 Å². The van der Waals surface area contributed by atoms with Crippen molar-refractivity contribution in [2.24, 2.45) is 7.05 Å². The number of carbonyl (C=O) groups is 1. The number of thiazole rings is 1. The van der Waals surface area contributed by atoms with Crippen LogP contribution in [0.3, 0.4) is 0 Å². The van der Waals surface area contributed by atoms with Gasteiger partial charge in [0.1, 0.15) is 5.69 Å². The Morgan fingerprint density at radius 3 is 2.67 bits per heavy atom. The summed E-state index contributed by atoms with van der Waals surface area (Å²) >= 11 is 1.48. The van der Waals surface area contributed by atoms with E-state index < -0.39 is 0 Å². The number of benzene rings is 1. The van der Waals surface area contributed by atoms with E-state index in [1.54, 1.807) is 17.9 Å². The minimum absolute atomic E-state index is 0.180. The largest absolute Gasteiger partial charge is 0.296 e. The first-order chi connectivity index (χ1) is 9.97. The van der Waals surface area contributed by atoms with Crippen molar-refractivity contribution in [3.05, 3.63) is 40.7 Å². The number of aromatic nitrogens is 3. The first kappa shape index (κ1) is 13.8. The first-order valence-corrected chi connectivity index (χ1v) is 7.45. The van der Waals surface area contributed by atoms with E-state index in [-0.39, 0.29) is 5.91 Å². The second kappa shape index (κ2) is 4.96. The number of anilines is 1. The molecule has 21 heavy (non-hydrogen) atoms. The molecule has 0 unspecified atom stereocenters. The molecule has 1 aromatic carbocycles. The van der Waals surface area contributed by atoms with Crippen LogP contribution in [-0.4, -0.2) is 20.7 Å². The molecule has 0 radical (unpaired) electrons. The lowest BCUT2D eigenvalue weighted by Gasteiger charge is -2.03. The molecule has 1 N–H and O–H groups in total. The van der Waals surface area contributed by atoms with Crippen LogP contribution in [0.1, 0.15) is 27.2 Å². The molecule has 0 bridgehead atoms. The molecule has 0 atom stereocenters. The number of hydrogen-bond donors (Lipinski definition) is 1. The predicted molar refractivity (Wildman–Crippen MR) is 85.0 cm³/mol. The molecule has 108 valence electrons. The molecule has 0 aliphatic heterocycles. The number of carbonyl (C=O) groups excluding carboxylic acids is 1. The number of nitrogens with zero attached hydrogens (tertiary/aromatic N) is 3. The standard InChI is InChI=1S/C15H16N4OS/c1-8-5-6-11-12(10(8)3)17-15(21-11)18-14(20)13-9(2)7-16-19(13)4/h5-7H,1-4H3,(H,17,18,20).